The molecule has 0 aliphatic rings. The van der Waals surface area contributed by atoms with Gasteiger partial charge in [0.05, 0.1) is 0 Å². The van der Waals surface area contributed by atoms with Crippen LogP contribution in [-0.2, 0) is 4.31 Å². The molecule has 0 heterocycles. The van der Waals surface area contributed by atoms with E-state index in [1.54, 1.807) is 12.1 Å². The molecule has 0 spiro atoms. The summed E-state index contributed by atoms with van der Waals surface area (Å²) in [4.78, 5) is 31.3. The number of phenolic OH excluding ortho intramolecular Hbond substituents is 2. The van der Waals surface area contributed by atoms with Gasteiger partial charge in [0.1, 0.15) is 0 Å². The van der Waals surface area contributed by atoms with Crippen molar-refractivity contribution in [1.82, 2.24) is 0 Å². The van der Waals surface area contributed by atoms with Crippen LogP contribution in [0.3, 0.4) is 0 Å². The Morgan fingerprint density at radius 2 is 1.13 bits per heavy atom. The summed E-state index contributed by atoms with van der Waals surface area (Å²) in [6.07, 6.45) is 0. The molecule has 0 aromatic heterocycles. The standard InChI is InChI=1S/C6H6O2.H4O5P2/c7-5-3-1-2-4-6(5)8;1-6(2)5-7(3)4/h1-4,7-8H;1-4H. The van der Waals surface area contributed by atoms with E-state index in [0.717, 1.165) is 0 Å². The molecule has 0 radical (unpaired) electrons. The molecule has 0 unspecified atom stereocenters. The summed E-state index contributed by atoms with van der Waals surface area (Å²) in [5.74, 6) is -0.153. The minimum atomic E-state index is -2.61. The van der Waals surface area contributed by atoms with Crippen LogP contribution < -0.4 is 0 Å². The Labute approximate surface area is 87.8 Å². The van der Waals surface area contributed by atoms with Gasteiger partial charge in [0.15, 0.2) is 11.5 Å². The minimum absolute atomic E-state index is 0.0764. The van der Waals surface area contributed by atoms with Crippen LogP contribution in [0.2, 0.25) is 0 Å². The van der Waals surface area contributed by atoms with E-state index in [1.807, 2.05) is 0 Å². The van der Waals surface area contributed by atoms with Gasteiger partial charge in [-0.1, -0.05) is 12.1 Å². The number of aromatic hydroxyl groups is 2. The van der Waals surface area contributed by atoms with Gasteiger partial charge in [-0.05, 0) is 12.1 Å². The summed E-state index contributed by atoms with van der Waals surface area (Å²) in [5, 5.41) is 17.3. The first-order valence-electron chi connectivity index (χ1n) is 3.44. The van der Waals surface area contributed by atoms with Gasteiger partial charge in [-0.3, -0.25) is 0 Å². The molecule has 9 heteroatoms. The van der Waals surface area contributed by atoms with E-state index in [1.165, 1.54) is 12.1 Å². The van der Waals surface area contributed by atoms with Gasteiger partial charge in [0.25, 0.3) is 0 Å². The second-order valence-corrected chi connectivity index (χ2v) is 3.74. The summed E-state index contributed by atoms with van der Waals surface area (Å²) in [6.45, 7) is 0. The summed E-state index contributed by atoms with van der Waals surface area (Å²) in [5.41, 5.74) is 0. The van der Waals surface area contributed by atoms with Crippen LogP contribution in [-0.4, -0.2) is 29.8 Å². The Bertz CT molecular complexity index is 253. The molecule has 7 nitrogen and oxygen atoms in total. The van der Waals surface area contributed by atoms with Gasteiger partial charge in [-0.25, -0.2) is 4.31 Å². The lowest BCUT2D eigenvalue weighted by Gasteiger charge is -2.00. The summed E-state index contributed by atoms with van der Waals surface area (Å²) in [7, 11) is -5.22. The van der Waals surface area contributed by atoms with Crippen molar-refractivity contribution in [3.05, 3.63) is 24.3 Å². The van der Waals surface area contributed by atoms with Crippen molar-refractivity contribution in [1.29, 1.82) is 0 Å². The van der Waals surface area contributed by atoms with Crippen molar-refractivity contribution >= 4 is 17.2 Å². The van der Waals surface area contributed by atoms with Crippen molar-refractivity contribution < 1.29 is 34.1 Å². The maximum absolute atomic E-state index is 8.67. The van der Waals surface area contributed by atoms with Crippen LogP contribution in [0.1, 0.15) is 0 Å². The van der Waals surface area contributed by atoms with Crippen LogP contribution in [0.15, 0.2) is 24.3 Å². The molecule has 1 aromatic carbocycles. The minimum Gasteiger partial charge on any atom is -0.504 e. The molecular formula is C6H10O7P2. The van der Waals surface area contributed by atoms with Crippen LogP contribution >= 0.6 is 17.2 Å². The first kappa shape index (κ1) is 14.5. The van der Waals surface area contributed by atoms with Crippen LogP contribution in [0.5, 0.6) is 11.5 Å². The highest BCUT2D eigenvalue weighted by atomic mass is 31.2. The SMILES string of the molecule is OP(O)OP(O)O.Oc1ccccc1O. The second kappa shape index (κ2) is 7.73. The first-order chi connectivity index (χ1) is 6.93. The molecular weight excluding hydrogens is 246 g/mol. The van der Waals surface area contributed by atoms with Crippen molar-refractivity contribution in [2.45, 2.75) is 0 Å². The van der Waals surface area contributed by atoms with Gasteiger partial charge in [0, 0.05) is 0 Å². The fourth-order valence-electron chi connectivity index (χ4n) is 0.529. The lowest BCUT2D eigenvalue weighted by atomic mass is 10.3. The molecule has 15 heavy (non-hydrogen) atoms. The third-order valence-electron chi connectivity index (χ3n) is 1.03. The predicted molar refractivity (Wildman–Crippen MR) is 53.6 cm³/mol. The van der Waals surface area contributed by atoms with Gasteiger partial charge >= 0.3 is 17.2 Å². The van der Waals surface area contributed by atoms with E-state index in [4.69, 9.17) is 29.8 Å². The van der Waals surface area contributed by atoms with Gasteiger partial charge in [-0.2, -0.15) is 0 Å². The van der Waals surface area contributed by atoms with Gasteiger partial charge in [0.2, 0.25) is 0 Å². The Hall–Kier alpha value is -0.520. The van der Waals surface area contributed by atoms with Crippen molar-refractivity contribution in [2.24, 2.45) is 0 Å². The van der Waals surface area contributed by atoms with Crippen LogP contribution in [0.25, 0.3) is 0 Å². The fourth-order valence-corrected chi connectivity index (χ4v) is 1.05. The molecule has 86 valence electrons. The molecule has 0 atom stereocenters. The highest BCUT2D eigenvalue weighted by Crippen LogP contribution is 2.41. The smallest absolute Gasteiger partial charge is 0.334 e. The van der Waals surface area contributed by atoms with Crippen LogP contribution in [0, 0.1) is 0 Å². The Balaban J connectivity index is 0.000000265. The monoisotopic (exact) mass is 256 g/mol. The highest BCUT2D eigenvalue weighted by Gasteiger charge is 2.05. The Morgan fingerprint density at radius 1 is 0.800 bits per heavy atom. The van der Waals surface area contributed by atoms with Crippen molar-refractivity contribution in [3.63, 3.8) is 0 Å². The molecule has 1 rings (SSSR count). The topological polar surface area (TPSA) is 131 Å². The lowest BCUT2D eigenvalue weighted by Crippen LogP contribution is -1.73. The maximum atomic E-state index is 8.67. The molecule has 0 aliphatic heterocycles. The number of hydrogen-bond acceptors (Lipinski definition) is 7. The zero-order valence-corrected chi connectivity index (χ0v) is 9.08. The van der Waals surface area contributed by atoms with Crippen molar-refractivity contribution in [3.8, 4) is 11.5 Å². The van der Waals surface area contributed by atoms with E-state index in [0.29, 0.717) is 0 Å². The largest absolute Gasteiger partial charge is 0.504 e. The molecule has 0 saturated carbocycles. The number of phenols is 2. The average Bonchev–Trinajstić information content (AvgIpc) is 2.08. The number of benzene rings is 1. The quantitative estimate of drug-likeness (QED) is 0.336. The average molecular weight is 256 g/mol. The Morgan fingerprint density at radius 3 is 1.27 bits per heavy atom. The van der Waals surface area contributed by atoms with E-state index >= 15 is 0 Å². The Kier molecular flexibility index (Phi) is 7.46. The summed E-state index contributed by atoms with van der Waals surface area (Å²) < 4.78 is 3.60. The summed E-state index contributed by atoms with van der Waals surface area (Å²) in [6, 6.07) is 6.15. The van der Waals surface area contributed by atoms with E-state index in [9.17, 15) is 0 Å². The molecule has 0 amide bonds. The maximum Gasteiger partial charge on any atom is 0.334 e. The third-order valence-corrected chi connectivity index (χ3v) is 2.20. The number of rotatable bonds is 2. The van der Waals surface area contributed by atoms with E-state index in [2.05, 4.69) is 4.31 Å². The third kappa shape index (κ3) is 8.47. The van der Waals surface area contributed by atoms with Gasteiger partial charge in [-0.15, -0.1) is 0 Å². The van der Waals surface area contributed by atoms with E-state index in [-0.39, 0.29) is 11.5 Å². The lowest BCUT2D eigenvalue weighted by molar-refractivity contribution is 0.324. The molecule has 0 saturated heterocycles. The normalized spacial score (nSPS) is 10.0. The van der Waals surface area contributed by atoms with Gasteiger partial charge < -0.3 is 29.8 Å². The fraction of sp³-hybridized carbons (Fsp3) is 0. The molecule has 0 bridgehead atoms. The number of para-hydroxylation sites is 2. The van der Waals surface area contributed by atoms with Crippen molar-refractivity contribution in [2.75, 3.05) is 0 Å². The van der Waals surface area contributed by atoms with E-state index < -0.39 is 17.2 Å². The molecule has 6 N–H and O–H groups in total. The second-order valence-electron chi connectivity index (χ2n) is 2.08. The molecule has 1 aromatic rings. The summed E-state index contributed by atoms with van der Waals surface area (Å²) >= 11 is 0. The predicted octanol–water partition coefficient (Wildman–Crippen LogP) is 0.524. The van der Waals surface area contributed by atoms with Crippen LogP contribution in [0.4, 0.5) is 0 Å². The zero-order chi connectivity index (χ0) is 11.8. The first-order valence-corrected chi connectivity index (χ1v) is 5.77. The molecule has 0 fully saturated rings. The number of hydrogen-bond donors (Lipinski definition) is 6. The zero-order valence-electron chi connectivity index (χ0n) is 7.30. The highest BCUT2D eigenvalue weighted by molar-refractivity contribution is 7.53. The molecule has 0 aliphatic carbocycles.